The number of hydrogen-bond acceptors (Lipinski definition) is 4. The van der Waals surface area contributed by atoms with Gasteiger partial charge in [0.1, 0.15) is 0 Å². The normalized spacial score (nSPS) is 18.8. The molecule has 2 aliphatic heterocycles. The second-order valence-corrected chi connectivity index (χ2v) is 7.30. The monoisotopic (exact) mass is 358 g/mol. The number of likely N-dealkylation sites (tertiary alicyclic amines) is 1. The zero-order valence-corrected chi connectivity index (χ0v) is 15.5. The van der Waals surface area contributed by atoms with Gasteiger partial charge >= 0.3 is 0 Å². The van der Waals surface area contributed by atoms with Crippen molar-refractivity contribution in [2.24, 2.45) is 0 Å². The van der Waals surface area contributed by atoms with Gasteiger partial charge < -0.3 is 15.5 Å². The number of piperidine rings is 1. The summed E-state index contributed by atoms with van der Waals surface area (Å²) in [6, 6.07) is 7.71. The predicted octanol–water partition coefficient (Wildman–Crippen LogP) is 1.36. The summed E-state index contributed by atoms with van der Waals surface area (Å²) >= 11 is 0. The number of anilines is 1. The summed E-state index contributed by atoms with van der Waals surface area (Å²) in [7, 11) is 0. The van der Waals surface area contributed by atoms with Crippen LogP contribution in [0.4, 0.5) is 5.69 Å². The van der Waals surface area contributed by atoms with E-state index in [4.69, 9.17) is 5.73 Å². The number of para-hydroxylation sites is 1. The zero-order chi connectivity index (χ0) is 18.4. The molecule has 0 radical (unpaired) electrons. The molecular formula is C20H30N4O2. The Bertz CT molecular complexity index is 620. The standard InChI is InChI=1S/C20H30N4O2/c21-18-7-3-2-6-17(18)8-9-19(25)24-14-12-22(13-15-24)16-20(26)23-10-4-1-5-11-23/h2-3,6-7H,1,4-5,8-16,21H2. The molecule has 2 fully saturated rings. The van der Waals surface area contributed by atoms with Crippen LogP contribution in [0.15, 0.2) is 24.3 Å². The maximum Gasteiger partial charge on any atom is 0.236 e. The Hall–Kier alpha value is -2.08. The molecule has 1 aromatic carbocycles. The van der Waals surface area contributed by atoms with Crippen molar-refractivity contribution in [1.29, 1.82) is 0 Å². The number of carbonyl (C=O) groups is 2. The van der Waals surface area contributed by atoms with Crippen LogP contribution in [0.1, 0.15) is 31.2 Å². The number of rotatable bonds is 5. The van der Waals surface area contributed by atoms with Crippen LogP contribution in [0, 0.1) is 0 Å². The Morgan fingerprint density at radius 3 is 2.19 bits per heavy atom. The highest BCUT2D eigenvalue weighted by atomic mass is 16.2. The van der Waals surface area contributed by atoms with E-state index in [9.17, 15) is 9.59 Å². The molecule has 0 unspecified atom stereocenters. The van der Waals surface area contributed by atoms with Crippen LogP contribution in [0.25, 0.3) is 0 Å². The molecule has 3 rings (SSSR count). The van der Waals surface area contributed by atoms with Gasteiger partial charge in [-0.25, -0.2) is 0 Å². The van der Waals surface area contributed by atoms with Crippen LogP contribution >= 0.6 is 0 Å². The summed E-state index contributed by atoms with van der Waals surface area (Å²) < 4.78 is 0. The van der Waals surface area contributed by atoms with Crippen molar-refractivity contribution in [3.63, 3.8) is 0 Å². The van der Waals surface area contributed by atoms with E-state index in [2.05, 4.69) is 4.90 Å². The van der Waals surface area contributed by atoms with Crippen molar-refractivity contribution in [2.45, 2.75) is 32.1 Å². The maximum absolute atomic E-state index is 12.5. The van der Waals surface area contributed by atoms with Crippen molar-refractivity contribution in [1.82, 2.24) is 14.7 Å². The molecule has 0 aliphatic carbocycles. The van der Waals surface area contributed by atoms with E-state index >= 15 is 0 Å². The van der Waals surface area contributed by atoms with Crippen LogP contribution in [-0.4, -0.2) is 72.3 Å². The first-order valence-corrected chi connectivity index (χ1v) is 9.75. The van der Waals surface area contributed by atoms with E-state index in [1.54, 1.807) is 0 Å². The third-order valence-electron chi connectivity index (χ3n) is 5.46. The molecule has 6 heteroatoms. The van der Waals surface area contributed by atoms with Gasteiger partial charge in [-0.05, 0) is 37.3 Å². The number of carbonyl (C=O) groups excluding carboxylic acids is 2. The number of nitrogens with two attached hydrogens (primary N) is 1. The lowest BCUT2D eigenvalue weighted by Crippen LogP contribution is -2.52. The highest BCUT2D eigenvalue weighted by molar-refractivity contribution is 5.79. The third-order valence-corrected chi connectivity index (χ3v) is 5.46. The number of nitrogens with zero attached hydrogens (tertiary/aromatic N) is 3. The van der Waals surface area contributed by atoms with Gasteiger partial charge in [0.05, 0.1) is 6.54 Å². The minimum Gasteiger partial charge on any atom is -0.399 e. The minimum atomic E-state index is 0.176. The zero-order valence-electron chi connectivity index (χ0n) is 15.5. The highest BCUT2D eigenvalue weighted by Crippen LogP contribution is 2.14. The lowest BCUT2D eigenvalue weighted by molar-refractivity contribution is -0.135. The SMILES string of the molecule is Nc1ccccc1CCC(=O)N1CCN(CC(=O)N2CCCCC2)CC1. The Balaban J connectivity index is 1.39. The van der Waals surface area contributed by atoms with Gasteiger partial charge in [-0.15, -0.1) is 0 Å². The number of hydrogen-bond donors (Lipinski definition) is 1. The summed E-state index contributed by atoms with van der Waals surface area (Å²) in [4.78, 5) is 30.9. The summed E-state index contributed by atoms with van der Waals surface area (Å²) in [6.45, 7) is 5.26. The molecule has 2 heterocycles. The van der Waals surface area contributed by atoms with Gasteiger partial charge in [0.25, 0.3) is 0 Å². The Morgan fingerprint density at radius 1 is 0.846 bits per heavy atom. The lowest BCUT2D eigenvalue weighted by Gasteiger charge is -2.36. The summed E-state index contributed by atoms with van der Waals surface area (Å²) in [5.74, 6) is 0.416. The fraction of sp³-hybridized carbons (Fsp3) is 0.600. The topological polar surface area (TPSA) is 69.9 Å². The van der Waals surface area contributed by atoms with Gasteiger partial charge in [-0.3, -0.25) is 14.5 Å². The largest absolute Gasteiger partial charge is 0.399 e. The summed E-state index contributed by atoms with van der Waals surface area (Å²) in [5.41, 5.74) is 7.73. The maximum atomic E-state index is 12.5. The average molecular weight is 358 g/mol. The molecule has 0 spiro atoms. The molecule has 0 bridgehead atoms. The van der Waals surface area contributed by atoms with Crippen molar-refractivity contribution >= 4 is 17.5 Å². The molecular weight excluding hydrogens is 328 g/mol. The van der Waals surface area contributed by atoms with Crippen LogP contribution in [-0.2, 0) is 16.0 Å². The molecule has 0 aromatic heterocycles. The smallest absolute Gasteiger partial charge is 0.236 e. The van der Waals surface area contributed by atoms with E-state index < -0.39 is 0 Å². The van der Waals surface area contributed by atoms with Crippen LogP contribution in [0.2, 0.25) is 0 Å². The first-order valence-electron chi connectivity index (χ1n) is 9.75. The van der Waals surface area contributed by atoms with Gasteiger partial charge in [0.15, 0.2) is 0 Å². The van der Waals surface area contributed by atoms with Gasteiger partial charge in [-0.2, -0.15) is 0 Å². The first kappa shape index (κ1) is 18.7. The predicted molar refractivity (Wildman–Crippen MR) is 103 cm³/mol. The Kier molecular flexibility index (Phi) is 6.50. The summed E-state index contributed by atoms with van der Waals surface area (Å²) in [6.07, 6.45) is 4.65. The fourth-order valence-corrected chi connectivity index (χ4v) is 3.75. The molecule has 0 saturated carbocycles. The quantitative estimate of drug-likeness (QED) is 0.807. The number of aryl methyl sites for hydroxylation is 1. The number of piperazine rings is 1. The molecule has 2 N–H and O–H groups in total. The average Bonchev–Trinajstić information content (AvgIpc) is 2.68. The molecule has 1 aromatic rings. The van der Waals surface area contributed by atoms with E-state index in [1.807, 2.05) is 34.1 Å². The van der Waals surface area contributed by atoms with Crippen LogP contribution < -0.4 is 5.73 Å². The molecule has 0 atom stereocenters. The molecule has 142 valence electrons. The van der Waals surface area contributed by atoms with Crippen molar-refractivity contribution in [3.8, 4) is 0 Å². The fourth-order valence-electron chi connectivity index (χ4n) is 3.75. The minimum absolute atomic E-state index is 0.176. The lowest BCUT2D eigenvalue weighted by atomic mass is 10.1. The molecule has 2 saturated heterocycles. The number of nitrogen functional groups attached to an aromatic ring is 1. The van der Waals surface area contributed by atoms with E-state index in [0.717, 1.165) is 50.3 Å². The second kappa shape index (κ2) is 9.03. The molecule has 6 nitrogen and oxygen atoms in total. The van der Waals surface area contributed by atoms with Gasteiger partial charge in [0.2, 0.25) is 11.8 Å². The van der Waals surface area contributed by atoms with Crippen LogP contribution in [0.3, 0.4) is 0 Å². The highest BCUT2D eigenvalue weighted by Gasteiger charge is 2.24. The van der Waals surface area contributed by atoms with Crippen molar-refractivity contribution in [3.05, 3.63) is 29.8 Å². The molecule has 2 aliphatic rings. The van der Waals surface area contributed by atoms with E-state index in [-0.39, 0.29) is 11.8 Å². The number of benzene rings is 1. The third kappa shape index (κ3) is 4.97. The van der Waals surface area contributed by atoms with Gasteiger partial charge in [0, 0.05) is 51.4 Å². The summed E-state index contributed by atoms with van der Waals surface area (Å²) in [5, 5.41) is 0. The van der Waals surface area contributed by atoms with Gasteiger partial charge in [-0.1, -0.05) is 18.2 Å². The number of amides is 2. The van der Waals surface area contributed by atoms with Crippen molar-refractivity contribution < 1.29 is 9.59 Å². The molecule has 26 heavy (non-hydrogen) atoms. The van der Waals surface area contributed by atoms with E-state index in [1.165, 1.54) is 6.42 Å². The second-order valence-electron chi connectivity index (χ2n) is 7.30. The van der Waals surface area contributed by atoms with Crippen LogP contribution in [0.5, 0.6) is 0 Å². The van der Waals surface area contributed by atoms with Crippen molar-refractivity contribution in [2.75, 3.05) is 51.5 Å². The molecule has 2 amide bonds. The van der Waals surface area contributed by atoms with E-state index in [0.29, 0.717) is 32.5 Å². The Morgan fingerprint density at radius 2 is 1.50 bits per heavy atom. The Labute approximate surface area is 155 Å². The first-order chi connectivity index (χ1) is 12.6.